The van der Waals surface area contributed by atoms with Gasteiger partial charge in [0.25, 0.3) is 8.32 Å². The van der Waals surface area contributed by atoms with Crippen LogP contribution in [-0.2, 0) is 6.42 Å². The molecule has 0 amide bonds. The van der Waals surface area contributed by atoms with Crippen LogP contribution in [0.1, 0.15) is 25.1 Å². The lowest BCUT2D eigenvalue weighted by molar-refractivity contribution is 0.467. The SMILES string of the molecule is CC(C)(CCc1cncs1)[Si](O)(c1ccccc1)c1ccccc1. The molecule has 24 heavy (non-hydrogen) atoms. The van der Waals surface area contributed by atoms with E-state index in [1.165, 1.54) is 4.88 Å². The molecular formula is C20H23NOSSi. The molecule has 0 saturated carbocycles. The van der Waals surface area contributed by atoms with Crippen LogP contribution in [0.4, 0.5) is 0 Å². The van der Waals surface area contributed by atoms with Gasteiger partial charge in [0.2, 0.25) is 0 Å². The van der Waals surface area contributed by atoms with Crippen molar-refractivity contribution in [2.75, 3.05) is 0 Å². The first-order valence-electron chi connectivity index (χ1n) is 8.25. The molecule has 0 spiro atoms. The summed E-state index contributed by atoms with van der Waals surface area (Å²) in [7, 11) is -2.88. The van der Waals surface area contributed by atoms with E-state index >= 15 is 0 Å². The van der Waals surface area contributed by atoms with Crippen molar-refractivity contribution in [2.24, 2.45) is 0 Å². The van der Waals surface area contributed by atoms with Gasteiger partial charge in [-0.1, -0.05) is 74.5 Å². The third-order valence-corrected chi connectivity index (χ3v) is 10.2. The Balaban J connectivity index is 2.00. The van der Waals surface area contributed by atoms with E-state index in [-0.39, 0.29) is 5.04 Å². The van der Waals surface area contributed by atoms with Gasteiger partial charge in [-0.2, -0.15) is 0 Å². The number of benzene rings is 2. The maximum atomic E-state index is 12.0. The standard InChI is InChI=1S/C20H23NOSSi/c1-20(2,14-13-17-15-21-16-23-17)24(22,18-9-5-3-6-10-18)19-11-7-4-8-12-19/h3-12,15-16,22H,13-14H2,1-2H3. The predicted molar refractivity (Wildman–Crippen MR) is 105 cm³/mol. The Morgan fingerprint density at radius 2 is 1.50 bits per heavy atom. The maximum absolute atomic E-state index is 12.0. The van der Waals surface area contributed by atoms with Crippen LogP contribution < -0.4 is 10.4 Å². The lowest BCUT2D eigenvalue weighted by atomic mass is 10.1. The minimum atomic E-state index is -2.88. The summed E-state index contributed by atoms with van der Waals surface area (Å²) in [5, 5.41) is 1.95. The number of hydrogen-bond donors (Lipinski definition) is 1. The Kier molecular flexibility index (Phi) is 4.99. The van der Waals surface area contributed by atoms with Gasteiger partial charge < -0.3 is 4.80 Å². The monoisotopic (exact) mass is 353 g/mol. The molecule has 0 aliphatic rings. The molecule has 0 bridgehead atoms. The molecule has 2 nitrogen and oxygen atoms in total. The number of rotatable bonds is 6. The number of hydrogen-bond acceptors (Lipinski definition) is 3. The molecule has 0 unspecified atom stereocenters. The Morgan fingerprint density at radius 1 is 0.958 bits per heavy atom. The van der Waals surface area contributed by atoms with Crippen molar-refractivity contribution in [1.29, 1.82) is 0 Å². The molecule has 0 atom stereocenters. The molecule has 1 aromatic heterocycles. The Morgan fingerprint density at radius 3 is 1.96 bits per heavy atom. The lowest BCUT2D eigenvalue weighted by Gasteiger charge is -2.41. The molecular weight excluding hydrogens is 330 g/mol. The van der Waals surface area contributed by atoms with Crippen LogP contribution in [0.25, 0.3) is 0 Å². The highest BCUT2D eigenvalue weighted by Crippen LogP contribution is 2.39. The second-order valence-electron chi connectivity index (χ2n) is 6.79. The van der Waals surface area contributed by atoms with E-state index in [4.69, 9.17) is 0 Å². The zero-order valence-corrected chi connectivity index (χ0v) is 16.0. The topological polar surface area (TPSA) is 33.1 Å². The van der Waals surface area contributed by atoms with E-state index in [1.807, 2.05) is 48.1 Å². The molecule has 1 N–H and O–H groups in total. The molecule has 3 aromatic rings. The van der Waals surface area contributed by atoms with Crippen LogP contribution in [-0.4, -0.2) is 18.1 Å². The van der Waals surface area contributed by atoms with Crippen LogP contribution in [0.15, 0.2) is 72.4 Å². The van der Waals surface area contributed by atoms with Crippen molar-refractivity contribution >= 4 is 30.0 Å². The smallest absolute Gasteiger partial charge is 0.258 e. The average molecular weight is 354 g/mol. The second kappa shape index (κ2) is 7.01. The van der Waals surface area contributed by atoms with Crippen LogP contribution >= 0.6 is 11.3 Å². The van der Waals surface area contributed by atoms with Crippen LogP contribution in [0.2, 0.25) is 5.04 Å². The first kappa shape index (κ1) is 17.1. The Bertz CT molecular complexity index is 717. The number of nitrogens with zero attached hydrogens (tertiary/aromatic N) is 1. The zero-order valence-electron chi connectivity index (χ0n) is 14.1. The van der Waals surface area contributed by atoms with Crippen molar-refractivity contribution in [1.82, 2.24) is 4.98 Å². The third-order valence-electron chi connectivity index (χ3n) is 4.84. The van der Waals surface area contributed by atoms with Gasteiger partial charge in [-0.05, 0) is 28.3 Å². The van der Waals surface area contributed by atoms with Crippen molar-refractivity contribution in [3.63, 3.8) is 0 Å². The summed E-state index contributed by atoms with van der Waals surface area (Å²) in [6.07, 6.45) is 3.82. The van der Waals surface area contributed by atoms with E-state index in [2.05, 4.69) is 43.1 Å². The van der Waals surface area contributed by atoms with Crippen LogP contribution in [0.3, 0.4) is 0 Å². The van der Waals surface area contributed by atoms with E-state index in [0.29, 0.717) is 0 Å². The van der Waals surface area contributed by atoms with Gasteiger partial charge in [-0.3, -0.25) is 4.98 Å². The first-order valence-corrected chi connectivity index (χ1v) is 11.1. The van der Waals surface area contributed by atoms with Crippen LogP contribution in [0, 0.1) is 0 Å². The van der Waals surface area contributed by atoms with E-state index in [1.54, 1.807) is 11.3 Å². The molecule has 0 saturated heterocycles. The fourth-order valence-electron chi connectivity index (χ4n) is 3.29. The maximum Gasteiger partial charge on any atom is 0.258 e. The number of aromatic nitrogens is 1. The first-order chi connectivity index (χ1) is 11.5. The third kappa shape index (κ3) is 3.22. The largest absolute Gasteiger partial charge is 0.424 e. The van der Waals surface area contributed by atoms with E-state index in [9.17, 15) is 4.80 Å². The minimum absolute atomic E-state index is 0.195. The predicted octanol–water partition coefficient (Wildman–Crippen LogP) is 3.61. The summed E-state index contributed by atoms with van der Waals surface area (Å²) in [5.41, 5.74) is 1.88. The summed E-state index contributed by atoms with van der Waals surface area (Å²) in [4.78, 5) is 17.5. The van der Waals surface area contributed by atoms with Crippen molar-refractivity contribution < 1.29 is 4.80 Å². The summed E-state index contributed by atoms with van der Waals surface area (Å²) in [5.74, 6) is 0. The Labute approximate surface area is 149 Å². The van der Waals surface area contributed by atoms with Gasteiger partial charge in [0.1, 0.15) is 0 Å². The van der Waals surface area contributed by atoms with E-state index < -0.39 is 8.32 Å². The van der Waals surface area contributed by atoms with Gasteiger partial charge in [0.05, 0.1) is 5.51 Å². The summed E-state index contributed by atoms with van der Waals surface area (Å²) >= 11 is 1.69. The normalized spacial score (nSPS) is 12.3. The highest BCUT2D eigenvalue weighted by atomic mass is 32.1. The van der Waals surface area contributed by atoms with Gasteiger partial charge in [-0.25, -0.2) is 0 Å². The fourth-order valence-corrected chi connectivity index (χ4v) is 7.62. The number of aryl methyl sites for hydroxylation is 1. The molecule has 0 aliphatic carbocycles. The minimum Gasteiger partial charge on any atom is -0.424 e. The molecule has 1 heterocycles. The number of thiazole rings is 1. The highest BCUT2D eigenvalue weighted by molar-refractivity contribution is 7.09. The van der Waals surface area contributed by atoms with E-state index in [0.717, 1.165) is 23.2 Å². The lowest BCUT2D eigenvalue weighted by Crippen LogP contribution is -2.65. The molecule has 0 aliphatic heterocycles. The zero-order chi connectivity index (χ0) is 17.0. The Hall–Kier alpha value is -1.75. The second-order valence-corrected chi connectivity index (χ2v) is 11.7. The fraction of sp³-hybridized carbons (Fsp3) is 0.250. The summed E-state index contributed by atoms with van der Waals surface area (Å²) in [6.45, 7) is 4.42. The molecule has 2 aromatic carbocycles. The van der Waals surface area contributed by atoms with Gasteiger partial charge in [0.15, 0.2) is 0 Å². The summed E-state index contributed by atoms with van der Waals surface area (Å²) in [6, 6.07) is 20.4. The quantitative estimate of drug-likeness (QED) is 0.687. The molecule has 3 rings (SSSR count). The molecule has 4 heteroatoms. The van der Waals surface area contributed by atoms with Crippen molar-refractivity contribution in [3.8, 4) is 0 Å². The van der Waals surface area contributed by atoms with Crippen LogP contribution in [0.5, 0.6) is 0 Å². The summed E-state index contributed by atoms with van der Waals surface area (Å²) < 4.78 is 0. The molecule has 124 valence electrons. The van der Waals surface area contributed by atoms with Crippen molar-refractivity contribution in [2.45, 2.75) is 31.7 Å². The average Bonchev–Trinajstić information content (AvgIpc) is 3.14. The van der Waals surface area contributed by atoms with Crippen molar-refractivity contribution in [3.05, 3.63) is 77.2 Å². The molecule has 0 radical (unpaired) electrons. The molecule has 0 fully saturated rings. The van der Waals surface area contributed by atoms with Gasteiger partial charge in [-0.15, -0.1) is 11.3 Å². The highest BCUT2D eigenvalue weighted by Gasteiger charge is 2.49. The van der Waals surface area contributed by atoms with Gasteiger partial charge >= 0.3 is 0 Å². The van der Waals surface area contributed by atoms with Gasteiger partial charge in [0, 0.05) is 11.1 Å².